The standard InChI is InChI=1S/C19H24N2O4S/c1-4-15(3)21-26(23,24)18-11-9-17(10-12-18)25-13-19(22)20-16-7-5-14(2)6-8-16/h5-12,15,21H,4,13H2,1-3H3,(H,20,22)/t15-/m0/s1. The van der Waals surface area contributed by atoms with Gasteiger partial charge in [-0.15, -0.1) is 0 Å². The maximum Gasteiger partial charge on any atom is 0.262 e. The summed E-state index contributed by atoms with van der Waals surface area (Å²) in [5.41, 5.74) is 1.80. The second-order valence-electron chi connectivity index (χ2n) is 6.10. The Morgan fingerprint density at radius 1 is 1.08 bits per heavy atom. The van der Waals surface area contributed by atoms with Crippen LogP contribution in [0.1, 0.15) is 25.8 Å². The number of hydrogen-bond donors (Lipinski definition) is 2. The summed E-state index contributed by atoms with van der Waals surface area (Å²) >= 11 is 0. The molecule has 2 aromatic carbocycles. The third kappa shape index (κ3) is 5.86. The third-order valence-corrected chi connectivity index (χ3v) is 5.41. The molecule has 0 saturated heterocycles. The average molecular weight is 376 g/mol. The topological polar surface area (TPSA) is 84.5 Å². The number of anilines is 1. The highest BCUT2D eigenvalue weighted by Crippen LogP contribution is 2.17. The lowest BCUT2D eigenvalue weighted by Gasteiger charge is -2.12. The molecular weight excluding hydrogens is 352 g/mol. The van der Waals surface area contributed by atoms with Crippen LogP contribution in [0.2, 0.25) is 0 Å². The van der Waals surface area contributed by atoms with Gasteiger partial charge in [0.25, 0.3) is 5.91 Å². The van der Waals surface area contributed by atoms with Gasteiger partial charge in [0, 0.05) is 11.7 Å². The van der Waals surface area contributed by atoms with E-state index in [1.54, 1.807) is 0 Å². The highest BCUT2D eigenvalue weighted by Gasteiger charge is 2.16. The Balaban J connectivity index is 1.90. The van der Waals surface area contributed by atoms with Gasteiger partial charge in [-0.25, -0.2) is 13.1 Å². The minimum Gasteiger partial charge on any atom is -0.484 e. The Kier molecular flexibility index (Phi) is 6.76. The van der Waals surface area contributed by atoms with Crippen molar-refractivity contribution < 1.29 is 17.9 Å². The van der Waals surface area contributed by atoms with Crippen molar-refractivity contribution in [3.63, 3.8) is 0 Å². The monoisotopic (exact) mass is 376 g/mol. The molecule has 1 atom stereocenters. The summed E-state index contributed by atoms with van der Waals surface area (Å²) in [4.78, 5) is 12.1. The summed E-state index contributed by atoms with van der Waals surface area (Å²) in [6.45, 7) is 5.52. The minimum atomic E-state index is -3.55. The number of benzene rings is 2. The molecule has 0 aromatic heterocycles. The first-order valence-electron chi connectivity index (χ1n) is 8.42. The number of amides is 1. The number of rotatable bonds is 8. The van der Waals surface area contributed by atoms with E-state index in [9.17, 15) is 13.2 Å². The Hall–Kier alpha value is -2.38. The number of ether oxygens (including phenoxy) is 1. The summed E-state index contributed by atoms with van der Waals surface area (Å²) in [6.07, 6.45) is 0.705. The van der Waals surface area contributed by atoms with Crippen molar-refractivity contribution in [1.82, 2.24) is 4.72 Å². The molecule has 2 N–H and O–H groups in total. The fourth-order valence-electron chi connectivity index (χ4n) is 2.11. The van der Waals surface area contributed by atoms with Gasteiger partial charge >= 0.3 is 0 Å². The zero-order chi connectivity index (χ0) is 19.2. The molecule has 0 unspecified atom stereocenters. The molecule has 7 heteroatoms. The van der Waals surface area contributed by atoms with E-state index in [4.69, 9.17) is 4.74 Å². The van der Waals surface area contributed by atoms with Crippen LogP contribution in [0.4, 0.5) is 5.69 Å². The maximum atomic E-state index is 12.2. The minimum absolute atomic E-state index is 0.138. The Morgan fingerprint density at radius 3 is 2.27 bits per heavy atom. The third-order valence-electron chi connectivity index (χ3n) is 3.81. The summed E-state index contributed by atoms with van der Waals surface area (Å²) in [5.74, 6) is 0.135. The van der Waals surface area contributed by atoms with Crippen LogP contribution in [-0.2, 0) is 14.8 Å². The Morgan fingerprint density at radius 2 is 1.69 bits per heavy atom. The largest absolute Gasteiger partial charge is 0.484 e. The molecular formula is C19H24N2O4S. The lowest BCUT2D eigenvalue weighted by atomic mass is 10.2. The van der Waals surface area contributed by atoms with Crippen molar-refractivity contribution in [3.8, 4) is 5.75 Å². The first-order valence-corrected chi connectivity index (χ1v) is 9.90. The van der Waals surface area contributed by atoms with Gasteiger partial charge in [-0.1, -0.05) is 24.6 Å². The zero-order valence-electron chi connectivity index (χ0n) is 15.2. The van der Waals surface area contributed by atoms with Crippen LogP contribution in [0.5, 0.6) is 5.75 Å². The molecule has 0 fully saturated rings. The smallest absolute Gasteiger partial charge is 0.262 e. The second kappa shape index (κ2) is 8.82. The molecule has 0 spiro atoms. The molecule has 2 rings (SSSR count). The quantitative estimate of drug-likeness (QED) is 0.741. The molecule has 0 aliphatic carbocycles. The first kappa shape index (κ1) is 19.9. The van der Waals surface area contributed by atoms with Crippen LogP contribution in [0.25, 0.3) is 0 Å². The molecule has 0 radical (unpaired) electrons. The van der Waals surface area contributed by atoms with E-state index in [0.29, 0.717) is 17.9 Å². The molecule has 6 nitrogen and oxygen atoms in total. The van der Waals surface area contributed by atoms with Crippen molar-refractivity contribution in [2.75, 3.05) is 11.9 Å². The number of nitrogens with one attached hydrogen (secondary N) is 2. The fraction of sp³-hybridized carbons (Fsp3) is 0.316. The van der Waals surface area contributed by atoms with Crippen molar-refractivity contribution in [1.29, 1.82) is 0 Å². The molecule has 0 aliphatic heterocycles. The van der Waals surface area contributed by atoms with Gasteiger partial charge in [0.05, 0.1) is 4.90 Å². The molecule has 140 valence electrons. The van der Waals surface area contributed by atoms with Gasteiger partial charge in [-0.3, -0.25) is 4.79 Å². The predicted octanol–water partition coefficient (Wildman–Crippen LogP) is 3.09. The summed E-state index contributed by atoms with van der Waals surface area (Å²) in [6, 6.07) is 13.3. The SMILES string of the molecule is CC[C@H](C)NS(=O)(=O)c1ccc(OCC(=O)Nc2ccc(C)cc2)cc1. The van der Waals surface area contributed by atoms with E-state index >= 15 is 0 Å². The zero-order valence-corrected chi connectivity index (χ0v) is 16.0. The van der Waals surface area contributed by atoms with Gasteiger partial charge in [0.1, 0.15) is 5.75 Å². The molecule has 0 bridgehead atoms. The predicted molar refractivity (Wildman–Crippen MR) is 102 cm³/mol. The normalized spacial score (nSPS) is 12.4. The van der Waals surface area contributed by atoms with Crippen LogP contribution in [0.3, 0.4) is 0 Å². The van der Waals surface area contributed by atoms with E-state index in [1.807, 2.05) is 45.0 Å². The van der Waals surface area contributed by atoms with Crippen LogP contribution in [-0.4, -0.2) is 27.0 Å². The molecule has 26 heavy (non-hydrogen) atoms. The molecule has 0 heterocycles. The van der Waals surface area contributed by atoms with E-state index < -0.39 is 10.0 Å². The van der Waals surface area contributed by atoms with Crippen LogP contribution in [0, 0.1) is 6.92 Å². The lowest BCUT2D eigenvalue weighted by Crippen LogP contribution is -2.31. The summed E-state index contributed by atoms with van der Waals surface area (Å²) in [5, 5.41) is 2.73. The highest BCUT2D eigenvalue weighted by atomic mass is 32.2. The van der Waals surface area contributed by atoms with Gasteiger partial charge in [-0.05, 0) is 56.7 Å². The summed E-state index contributed by atoms with van der Waals surface area (Å²) in [7, 11) is -3.55. The van der Waals surface area contributed by atoms with Crippen molar-refractivity contribution >= 4 is 21.6 Å². The second-order valence-corrected chi connectivity index (χ2v) is 7.82. The van der Waals surface area contributed by atoms with E-state index in [1.165, 1.54) is 24.3 Å². The molecule has 2 aromatic rings. The van der Waals surface area contributed by atoms with Crippen LogP contribution < -0.4 is 14.8 Å². The van der Waals surface area contributed by atoms with Crippen LogP contribution in [0.15, 0.2) is 53.4 Å². The average Bonchev–Trinajstić information content (AvgIpc) is 2.62. The highest BCUT2D eigenvalue weighted by molar-refractivity contribution is 7.89. The van der Waals surface area contributed by atoms with Crippen molar-refractivity contribution in [3.05, 3.63) is 54.1 Å². The number of hydrogen-bond acceptors (Lipinski definition) is 4. The van der Waals surface area contributed by atoms with Crippen molar-refractivity contribution in [2.24, 2.45) is 0 Å². The number of carbonyl (C=O) groups excluding carboxylic acids is 1. The molecule has 0 saturated carbocycles. The van der Waals surface area contributed by atoms with Crippen molar-refractivity contribution in [2.45, 2.75) is 38.1 Å². The molecule has 1 amide bonds. The lowest BCUT2D eigenvalue weighted by molar-refractivity contribution is -0.118. The van der Waals surface area contributed by atoms with E-state index in [-0.39, 0.29) is 23.5 Å². The number of aryl methyl sites for hydroxylation is 1. The number of sulfonamides is 1. The fourth-order valence-corrected chi connectivity index (χ4v) is 3.44. The van der Waals surface area contributed by atoms with E-state index in [0.717, 1.165) is 5.56 Å². The van der Waals surface area contributed by atoms with Gasteiger partial charge in [0.15, 0.2) is 6.61 Å². The van der Waals surface area contributed by atoms with Gasteiger partial charge in [0.2, 0.25) is 10.0 Å². The summed E-state index contributed by atoms with van der Waals surface area (Å²) < 4.78 is 32.4. The molecule has 0 aliphatic rings. The van der Waals surface area contributed by atoms with Crippen LogP contribution >= 0.6 is 0 Å². The maximum absolute atomic E-state index is 12.2. The van der Waals surface area contributed by atoms with Gasteiger partial charge < -0.3 is 10.1 Å². The number of carbonyl (C=O) groups is 1. The first-order chi connectivity index (χ1) is 12.3. The van der Waals surface area contributed by atoms with Gasteiger partial charge in [-0.2, -0.15) is 0 Å². The Bertz CT molecular complexity index is 831. The Labute approximate surface area is 154 Å². The van der Waals surface area contributed by atoms with E-state index in [2.05, 4.69) is 10.0 Å².